The molecule has 1 aliphatic rings. The SMILES string of the molecule is O=C(CCn1[nH]c(=O)ccc1=O)N1CCN(S(=O)(=O)c2cccs2)CC1. The van der Waals surface area contributed by atoms with E-state index in [-0.39, 0.29) is 37.5 Å². The van der Waals surface area contributed by atoms with Gasteiger partial charge < -0.3 is 4.90 Å². The number of aromatic nitrogens is 2. The van der Waals surface area contributed by atoms with Crippen LogP contribution in [0.2, 0.25) is 0 Å². The van der Waals surface area contributed by atoms with E-state index in [1.54, 1.807) is 22.4 Å². The number of rotatable bonds is 5. The highest BCUT2D eigenvalue weighted by Gasteiger charge is 2.30. The van der Waals surface area contributed by atoms with E-state index in [1.165, 1.54) is 15.6 Å². The number of aryl methyl sites for hydroxylation is 1. The molecule has 1 fully saturated rings. The van der Waals surface area contributed by atoms with Crippen LogP contribution in [-0.2, 0) is 21.4 Å². The van der Waals surface area contributed by atoms with Gasteiger partial charge in [0, 0.05) is 44.7 Å². The van der Waals surface area contributed by atoms with Gasteiger partial charge >= 0.3 is 0 Å². The number of aromatic amines is 1. The minimum absolute atomic E-state index is 0.0531. The molecule has 140 valence electrons. The van der Waals surface area contributed by atoms with Gasteiger partial charge in [-0.3, -0.25) is 19.5 Å². The van der Waals surface area contributed by atoms with Crippen LogP contribution in [0.4, 0.5) is 0 Å². The molecule has 1 N–H and O–H groups in total. The molecule has 2 aromatic rings. The molecule has 3 rings (SSSR count). The van der Waals surface area contributed by atoms with E-state index in [2.05, 4.69) is 5.10 Å². The van der Waals surface area contributed by atoms with Gasteiger partial charge in [-0.2, -0.15) is 4.31 Å². The van der Waals surface area contributed by atoms with Crippen molar-refractivity contribution in [2.24, 2.45) is 0 Å². The maximum Gasteiger partial charge on any atom is 0.265 e. The van der Waals surface area contributed by atoms with E-state index in [1.807, 2.05) is 0 Å². The molecule has 1 amide bonds. The summed E-state index contributed by atoms with van der Waals surface area (Å²) in [5.41, 5.74) is -0.797. The number of carbonyl (C=O) groups excluding carboxylic acids is 1. The first kappa shape index (κ1) is 18.5. The van der Waals surface area contributed by atoms with Crippen molar-refractivity contribution in [3.05, 3.63) is 50.4 Å². The Morgan fingerprint density at radius 3 is 2.50 bits per heavy atom. The third-order valence-electron chi connectivity index (χ3n) is 4.12. The fraction of sp³-hybridized carbons (Fsp3) is 0.400. The summed E-state index contributed by atoms with van der Waals surface area (Å²) in [4.78, 5) is 36.7. The van der Waals surface area contributed by atoms with Crippen LogP contribution in [0, 0.1) is 0 Å². The molecule has 9 nitrogen and oxygen atoms in total. The second-order valence-corrected chi connectivity index (χ2v) is 8.88. The van der Waals surface area contributed by atoms with Crippen molar-refractivity contribution in [2.75, 3.05) is 26.2 Å². The van der Waals surface area contributed by atoms with E-state index in [0.29, 0.717) is 17.3 Å². The van der Waals surface area contributed by atoms with Crippen LogP contribution in [0.3, 0.4) is 0 Å². The second kappa shape index (κ2) is 7.56. The Bertz CT molecular complexity index is 986. The van der Waals surface area contributed by atoms with Gasteiger partial charge in [0.2, 0.25) is 5.91 Å². The molecule has 1 saturated heterocycles. The maximum absolute atomic E-state index is 12.5. The van der Waals surface area contributed by atoms with Crippen molar-refractivity contribution in [1.82, 2.24) is 19.0 Å². The van der Waals surface area contributed by atoms with Gasteiger partial charge in [-0.05, 0) is 11.4 Å². The zero-order valence-electron chi connectivity index (χ0n) is 13.8. The number of nitrogens with zero attached hydrogens (tertiary/aromatic N) is 3. The topological polar surface area (TPSA) is 113 Å². The fourth-order valence-corrected chi connectivity index (χ4v) is 5.28. The first-order chi connectivity index (χ1) is 12.4. The van der Waals surface area contributed by atoms with Crippen LogP contribution in [0.1, 0.15) is 6.42 Å². The molecule has 0 atom stereocenters. The minimum atomic E-state index is -3.50. The Labute approximate surface area is 153 Å². The molecule has 2 aromatic heterocycles. The summed E-state index contributed by atoms with van der Waals surface area (Å²) in [5.74, 6) is -0.185. The molecule has 11 heteroatoms. The third-order valence-corrected chi connectivity index (χ3v) is 7.39. The van der Waals surface area contributed by atoms with Crippen LogP contribution in [0.15, 0.2) is 43.4 Å². The average molecular weight is 398 g/mol. The number of hydrogen-bond acceptors (Lipinski definition) is 6. The molecule has 0 aliphatic carbocycles. The highest BCUT2D eigenvalue weighted by atomic mass is 32.2. The largest absolute Gasteiger partial charge is 0.340 e. The van der Waals surface area contributed by atoms with Gasteiger partial charge in [0.1, 0.15) is 4.21 Å². The number of amides is 1. The van der Waals surface area contributed by atoms with E-state index < -0.39 is 15.6 Å². The van der Waals surface area contributed by atoms with Crippen molar-refractivity contribution in [2.45, 2.75) is 17.2 Å². The van der Waals surface area contributed by atoms with E-state index >= 15 is 0 Å². The van der Waals surface area contributed by atoms with Gasteiger partial charge in [-0.25, -0.2) is 13.1 Å². The summed E-state index contributed by atoms with van der Waals surface area (Å²) in [6.45, 7) is 1.12. The lowest BCUT2D eigenvalue weighted by atomic mass is 10.3. The molecular formula is C15H18N4O5S2. The minimum Gasteiger partial charge on any atom is -0.340 e. The van der Waals surface area contributed by atoms with Gasteiger partial charge in [0.25, 0.3) is 21.1 Å². The summed E-state index contributed by atoms with van der Waals surface area (Å²) >= 11 is 1.17. The quantitative estimate of drug-likeness (QED) is 0.731. The molecule has 1 aliphatic heterocycles. The number of piperazine rings is 1. The summed E-state index contributed by atoms with van der Waals surface area (Å²) in [6.07, 6.45) is 0.0531. The molecule has 26 heavy (non-hydrogen) atoms. The Hall–Kier alpha value is -2.24. The number of thiophene rings is 1. The number of sulfonamides is 1. The summed E-state index contributed by atoms with van der Waals surface area (Å²) < 4.78 is 27.7. The van der Waals surface area contributed by atoms with Gasteiger partial charge in [0.15, 0.2) is 0 Å². The molecule has 0 spiro atoms. The fourth-order valence-electron chi connectivity index (χ4n) is 2.71. The molecule has 3 heterocycles. The normalized spacial score (nSPS) is 15.9. The number of H-pyrrole nitrogens is 1. The van der Waals surface area contributed by atoms with Crippen LogP contribution in [-0.4, -0.2) is 59.5 Å². The molecule has 0 unspecified atom stereocenters. The van der Waals surface area contributed by atoms with Crippen molar-refractivity contribution in [3.8, 4) is 0 Å². The van der Waals surface area contributed by atoms with E-state index in [0.717, 1.165) is 16.8 Å². The third kappa shape index (κ3) is 3.94. The van der Waals surface area contributed by atoms with Crippen molar-refractivity contribution in [3.63, 3.8) is 0 Å². The lowest BCUT2D eigenvalue weighted by Gasteiger charge is -2.33. The Morgan fingerprint density at radius 1 is 1.12 bits per heavy atom. The highest BCUT2D eigenvalue weighted by Crippen LogP contribution is 2.22. The average Bonchev–Trinajstić information content (AvgIpc) is 3.18. The van der Waals surface area contributed by atoms with E-state index in [4.69, 9.17) is 0 Å². The summed E-state index contributed by atoms with van der Waals surface area (Å²) in [7, 11) is -3.50. The first-order valence-electron chi connectivity index (χ1n) is 7.99. The standard InChI is InChI=1S/C15H18N4O5S2/c20-12-3-4-14(22)19(16-12)6-5-13(21)17-7-9-18(10-8-17)26(23,24)15-2-1-11-25-15/h1-4,11H,5-10H2,(H,16,20). The lowest BCUT2D eigenvalue weighted by Crippen LogP contribution is -2.50. The van der Waals surface area contributed by atoms with Crippen molar-refractivity contribution in [1.29, 1.82) is 0 Å². The summed E-state index contributed by atoms with van der Waals surface area (Å²) in [6, 6.07) is 5.54. The second-order valence-electron chi connectivity index (χ2n) is 5.77. The van der Waals surface area contributed by atoms with Crippen LogP contribution < -0.4 is 11.1 Å². The molecule has 0 radical (unpaired) electrons. The van der Waals surface area contributed by atoms with Crippen LogP contribution >= 0.6 is 11.3 Å². The Balaban J connectivity index is 1.56. The van der Waals surface area contributed by atoms with Gasteiger partial charge in [-0.15, -0.1) is 11.3 Å². The van der Waals surface area contributed by atoms with Gasteiger partial charge in [0.05, 0.1) is 6.54 Å². The molecule has 0 saturated carbocycles. The van der Waals surface area contributed by atoms with Crippen LogP contribution in [0.5, 0.6) is 0 Å². The number of carbonyl (C=O) groups is 1. The number of hydrogen-bond donors (Lipinski definition) is 1. The van der Waals surface area contributed by atoms with Crippen LogP contribution in [0.25, 0.3) is 0 Å². The predicted molar refractivity (Wildman–Crippen MR) is 95.6 cm³/mol. The predicted octanol–water partition coefficient (Wildman–Crippen LogP) is -0.479. The Kier molecular flexibility index (Phi) is 5.39. The summed E-state index contributed by atoms with van der Waals surface area (Å²) in [5, 5.41) is 4.08. The lowest BCUT2D eigenvalue weighted by molar-refractivity contribution is -0.132. The maximum atomic E-state index is 12.5. The Morgan fingerprint density at radius 2 is 1.85 bits per heavy atom. The van der Waals surface area contributed by atoms with Crippen molar-refractivity contribution >= 4 is 27.3 Å². The molecular weight excluding hydrogens is 380 g/mol. The molecule has 0 aromatic carbocycles. The zero-order valence-corrected chi connectivity index (χ0v) is 15.5. The zero-order chi connectivity index (χ0) is 18.7. The monoisotopic (exact) mass is 398 g/mol. The molecule has 0 bridgehead atoms. The smallest absolute Gasteiger partial charge is 0.265 e. The number of nitrogens with one attached hydrogen (secondary N) is 1. The van der Waals surface area contributed by atoms with E-state index in [9.17, 15) is 22.8 Å². The first-order valence-corrected chi connectivity index (χ1v) is 10.3. The highest BCUT2D eigenvalue weighted by molar-refractivity contribution is 7.91. The van der Waals surface area contributed by atoms with Gasteiger partial charge in [-0.1, -0.05) is 6.07 Å². The van der Waals surface area contributed by atoms with Crippen molar-refractivity contribution < 1.29 is 13.2 Å².